The molecule has 0 radical (unpaired) electrons. The molecule has 11 heteroatoms. The van der Waals surface area contributed by atoms with Gasteiger partial charge in [-0.3, -0.25) is 4.79 Å². The Kier molecular flexibility index (Phi) is 7.33. The number of aromatic nitrogens is 1. The summed E-state index contributed by atoms with van der Waals surface area (Å²) in [6.07, 6.45) is 2.81. The van der Waals surface area contributed by atoms with Crippen LogP contribution in [0.5, 0.6) is 0 Å². The van der Waals surface area contributed by atoms with Crippen LogP contribution >= 0.6 is 46.1 Å². The highest BCUT2D eigenvalue weighted by Gasteiger charge is 2.33. The van der Waals surface area contributed by atoms with Crippen molar-refractivity contribution in [3.05, 3.63) is 68.9 Å². The van der Waals surface area contributed by atoms with Gasteiger partial charge in [0, 0.05) is 24.7 Å². The van der Waals surface area contributed by atoms with Gasteiger partial charge in [0.05, 0.1) is 31.1 Å². The number of amides is 1. The standard InChI is InChI=1S/C22H20Cl3N3O3S2/c1-2-11-28-19-17(24)9-10-18(25)20(19)32-22(28)26-21(29)14-4-3-12-27(13-14)33(30,31)16-7-5-15(23)6-8-16/h2,5-10,14H,1,3-4,11-13H2. The highest BCUT2D eigenvalue weighted by molar-refractivity contribution is 7.89. The number of rotatable bonds is 5. The van der Waals surface area contributed by atoms with Crippen LogP contribution in [0.4, 0.5) is 0 Å². The maximum atomic E-state index is 13.1. The van der Waals surface area contributed by atoms with Gasteiger partial charge in [0.2, 0.25) is 10.0 Å². The average molecular weight is 545 g/mol. The van der Waals surface area contributed by atoms with Crippen molar-refractivity contribution in [3.63, 3.8) is 0 Å². The van der Waals surface area contributed by atoms with Gasteiger partial charge in [-0.05, 0) is 49.2 Å². The summed E-state index contributed by atoms with van der Waals surface area (Å²) in [6.45, 7) is 4.59. The van der Waals surface area contributed by atoms with Gasteiger partial charge in [-0.25, -0.2) is 8.42 Å². The van der Waals surface area contributed by atoms with Crippen LogP contribution in [0.15, 0.2) is 58.9 Å². The molecule has 1 saturated heterocycles. The second kappa shape index (κ2) is 9.90. The maximum Gasteiger partial charge on any atom is 0.252 e. The first-order chi connectivity index (χ1) is 15.7. The van der Waals surface area contributed by atoms with Crippen LogP contribution in [-0.2, 0) is 21.4 Å². The van der Waals surface area contributed by atoms with Gasteiger partial charge in [-0.2, -0.15) is 9.30 Å². The zero-order valence-electron chi connectivity index (χ0n) is 17.4. The number of carbonyl (C=O) groups excluding carboxylic acids is 1. The maximum absolute atomic E-state index is 13.1. The molecule has 3 aromatic rings. The van der Waals surface area contributed by atoms with Crippen molar-refractivity contribution >= 4 is 72.3 Å². The summed E-state index contributed by atoms with van der Waals surface area (Å²) in [7, 11) is -3.74. The van der Waals surface area contributed by atoms with E-state index in [0.717, 1.165) is 4.70 Å². The average Bonchev–Trinajstić information content (AvgIpc) is 3.16. The predicted octanol–water partition coefficient (Wildman–Crippen LogP) is 5.38. The van der Waals surface area contributed by atoms with E-state index >= 15 is 0 Å². The smallest absolute Gasteiger partial charge is 0.252 e. The van der Waals surface area contributed by atoms with Crippen LogP contribution in [-0.4, -0.2) is 36.3 Å². The number of sulfonamides is 1. The molecule has 174 valence electrons. The van der Waals surface area contributed by atoms with Crippen molar-refractivity contribution < 1.29 is 13.2 Å². The summed E-state index contributed by atoms with van der Waals surface area (Å²) in [5, 5.41) is 1.47. The molecule has 0 bridgehead atoms. The van der Waals surface area contributed by atoms with Gasteiger partial charge in [0.1, 0.15) is 0 Å². The molecule has 2 heterocycles. The minimum absolute atomic E-state index is 0.0706. The number of hydrogen-bond donors (Lipinski definition) is 0. The summed E-state index contributed by atoms with van der Waals surface area (Å²) in [6, 6.07) is 9.41. The van der Waals surface area contributed by atoms with E-state index in [1.54, 1.807) is 22.8 Å². The number of halogens is 3. The quantitative estimate of drug-likeness (QED) is 0.405. The molecule has 4 rings (SSSR count). The first-order valence-electron chi connectivity index (χ1n) is 10.1. The monoisotopic (exact) mass is 543 g/mol. The van der Waals surface area contributed by atoms with Gasteiger partial charge in [-0.15, -0.1) is 6.58 Å². The zero-order valence-corrected chi connectivity index (χ0v) is 21.3. The normalized spacial score (nSPS) is 18.0. The minimum atomic E-state index is -3.74. The number of allylic oxidation sites excluding steroid dienone is 1. The number of thiazole rings is 1. The Morgan fingerprint density at radius 1 is 1.15 bits per heavy atom. The third-order valence-corrected chi connectivity index (χ3v) is 9.41. The van der Waals surface area contributed by atoms with Crippen molar-refractivity contribution in [1.29, 1.82) is 0 Å². The molecular weight excluding hydrogens is 525 g/mol. The van der Waals surface area contributed by atoms with E-state index in [1.807, 2.05) is 0 Å². The molecule has 1 aliphatic heterocycles. The summed E-state index contributed by atoms with van der Waals surface area (Å²) in [5.74, 6) is -0.920. The minimum Gasteiger partial charge on any atom is -0.311 e. The molecule has 6 nitrogen and oxygen atoms in total. The molecule has 33 heavy (non-hydrogen) atoms. The SMILES string of the molecule is C=CCn1c(=NC(=O)C2CCCN(S(=O)(=O)c3ccc(Cl)cc3)C2)sc2c(Cl)ccc(Cl)c21. The van der Waals surface area contributed by atoms with Crippen molar-refractivity contribution in [2.75, 3.05) is 13.1 Å². The lowest BCUT2D eigenvalue weighted by Crippen LogP contribution is -2.42. The Bertz CT molecular complexity index is 1400. The van der Waals surface area contributed by atoms with E-state index in [2.05, 4.69) is 11.6 Å². The highest BCUT2D eigenvalue weighted by Crippen LogP contribution is 2.32. The van der Waals surface area contributed by atoms with Crippen LogP contribution in [0.2, 0.25) is 15.1 Å². The third-order valence-electron chi connectivity index (χ3n) is 5.43. The summed E-state index contributed by atoms with van der Waals surface area (Å²) >= 11 is 19.9. The van der Waals surface area contributed by atoms with Crippen LogP contribution in [0.3, 0.4) is 0 Å². The van der Waals surface area contributed by atoms with Crippen molar-refractivity contribution in [2.24, 2.45) is 10.9 Å². The summed E-state index contributed by atoms with van der Waals surface area (Å²) in [4.78, 5) is 18.1. The molecule has 2 aromatic carbocycles. The molecule has 0 spiro atoms. The number of piperidine rings is 1. The van der Waals surface area contributed by atoms with Crippen LogP contribution in [0.25, 0.3) is 10.2 Å². The lowest BCUT2D eigenvalue weighted by molar-refractivity contribution is -0.122. The molecule has 1 amide bonds. The van der Waals surface area contributed by atoms with E-state index in [4.69, 9.17) is 34.8 Å². The van der Waals surface area contributed by atoms with Crippen LogP contribution in [0.1, 0.15) is 12.8 Å². The van der Waals surface area contributed by atoms with Gasteiger partial charge in [-0.1, -0.05) is 52.2 Å². The largest absolute Gasteiger partial charge is 0.311 e. The second-order valence-electron chi connectivity index (χ2n) is 7.60. The molecule has 1 aliphatic rings. The third kappa shape index (κ3) is 4.92. The first kappa shape index (κ1) is 24.4. The van der Waals surface area contributed by atoms with E-state index in [0.29, 0.717) is 51.3 Å². The Balaban J connectivity index is 1.66. The molecular formula is C22H20Cl3N3O3S2. The Labute approximate surface area is 210 Å². The lowest BCUT2D eigenvalue weighted by Gasteiger charge is -2.30. The van der Waals surface area contributed by atoms with E-state index < -0.39 is 15.9 Å². The fourth-order valence-corrected chi connectivity index (χ4v) is 7.11. The summed E-state index contributed by atoms with van der Waals surface area (Å²) in [5.41, 5.74) is 0.691. The zero-order chi connectivity index (χ0) is 23.8. The first-order valence-corrected chi connectivity index (χ1v) is 13.5. The van der Waals surface area contributed by atoms with Gasteiger partial charge in [0.25, 0.3) is 5.91 Å². The van der Waals surface area contributed by atoms with Crippen molar-refractivity contribution in [1.82, 2.24) is 8.87 Å². The van der Waals surface area contributed by atoms with Gasteiger partial charge >= 0.3 is 0 Å². The number of carbonyl (C=O) groups is 1. The predicted molar refractivity (Wildman–Crippen MR) is 134 cm³/mol. The Hall–Kier alpha value is -1.68. The molecule has 1 unspecified atom stereocenters. The van der Waals surface area contributed by atoms with Gasteiger partial charge in [0.15, 0.2) is 4.80 Å². The fraction of sp³-hybridized carbons (Fsp3) is 0.273. The Morgan fingerprint density at radius 2 is 1.85 bits per heavy atom. The second-order valence-corrected chi connectivity index (χ2v) is 11.8. The molecule has 0 aliphatic carbocycles. The fourth-order valence-electron chi connectivity index (χ4n) is 3.80. The number of hydrogen-bond acceptors (Lipinski definition) is 4. The molecule has 1 atom stereocenters. The molecule has 1 aromatic heterocycles. The van der Waals surface area contributed by atoms with Crippen molar-refractivity contribution in [3.8, 4) is 0 Å². The number of benzene rings is 2. The van der Waals surface area contributed by atoms with E-state index in [9.17, 15) is 13.2 Å². The summed E-state index contributed by atoms with van der Waals surface area (Å²) < 4.78 is 30.0. The topological polar surface area (TPSA) is 71.7 Å². The van der Waals surface area contributed by atoms with E-state index in [1.165, 1.54) is 39.9 Å². The highest BCUT2D eigenvalue weighted by atomic mass is 35.5. The van der Waals surface area contributed by atoms with Crippen LogP contribution in [0, 0.1) is 5.92 Å². The van der Waals surface area contributed by atoms with E-state index in [-0.39, 0.29) is 17.3 Å². The molecule has 0 saturated carbocycles. The lowest BCUT2D eigenvalue weighted by atomic mass is 9.99. The van der Waals surface area contributed by atoms with Gasteiger partial charge < -0.3 is 4.57 Å². The molecule has 0 N–H and O–H groups in total. The number of nitrogens with zero attached hydrogens (tertiary/aromatic N) is 3. The Morgan fingerprint density at radius 3 is 2.55 bits per heavy atom. The van der Waals surface area contributed by atoms with Crippen LogP contribution < -0.4 is 4.80 Å². The number of fused-ring (bicyclic) bond motifs is 1. The molecule has 1 fully saturated rings. The van der Waals surface area contributed by atoms with Crippen molar-refractivity contribution in [2.45, 2.75) is 24.3 Å².